The van der Waals surface area contributed by atoms with Crippen LogP contribution in [0.4, 0.5) is 0 Å². The molecular weight excluding hydrogens is 270 g/mol. The molecule has 2 heterocycles. The third-order valence-electron chi connectivity index (χ3n) is 2.35. The van der Waals surface area contributed by atoms with Crippen LogP contribution < -0.4 is 5.73 Å². The molecule has 0 radical (unpaired) electrons. The Morgan fingerprint density at radius 1 is 1.31 bits per heavy atom. The summed E-state index contributed by atoms with van der Waals surface area (Å²) in [6, 6.07) is 0. The first-order chi connectivity index (χ1) is 7.65. The number of aromatic nitrogens is 4. The number of halogens is 1. The van der Waals surface area contributed by atoms with E-state index >= 15 is 0 Å². The van der Waals surface area contributed by atoms with Crippen LogP contribution in [-0.2, 0) is 6.54 Å². The summed E-state index contributed by atoms with van der Waals surface area (Å²) in [7, 11) is 0. The molecular formula is C10H12BrN5. The van der Waals surface area contributed by atoms with Crippen molar-refractivity contribution in [3.05, 3.63) is 33.9 Å². The zero-order chi connectivity index (χ0) is 11.7. The van der Waals surface area contributed by atoms with Gasteiger partial charge in [0.2, 0.25) is 0 Å². The highest BCUT2D eigenvalue weighted by Crippen LogP contribution is 2.22. The molecule has 0 aliphatic heterocycles. The van der Waals surface area contributed by atoms with Crippen LogP contribution >= 0.6 is 15.9 Å². The van der Waals surface area contributed by atoms with E-state index in [9.17, 15) is 0 Å². The topological polar surface area (TPSA) is 69.6 Å². The molecule has 0 atom stereocenters. The second kappa shape index (κ2) is 4.31. The van der Waals surface area contributed by atoms with Gasteiger partial charge in [0.05, 0.1) is 21.6 Å². The van der Waals surface area contributed by atoms with Gasteiger partial charge in [0, 0.05) is 18.9 Å². The molecule has 2 aromatic heterocycles. The van der Waals surface area contributed by atoms with Gasteiger partial charge in [0.25, 0.3) is 0 Å². The Hall–Kier alpha value is -1.27. The summed E-state index contributed by atoms with van der Waals surface area (Å²) in [4.78, 5) is 8.46. The predicted octanol–water partition coefficient (Wildman–Crippen LogP) is 1.50. The second-order valence-corrected chi connectivity index (χ2v) is 4.22. The third-order valence-corrected chi connectivity index (χ3v) is 3.50. The Bertz CT molecular complexity index is 520. The molecule has 0 amide bonds. The van der Waals surface area contributed by atoms with Crippen LogP contribution in [-0.4, -0.2) is 19.7 Å². The average Bonchev–Trinajstić information content (AvgIpc) is 2.57. The van der Waals surface area contributed by atoms with E-state index in [1.165, 1.54) is 0 Å². The normalized spacial score (nSPS) is 10.8. The lowest BCUT2D eigenvalue weighted by molar-refractivity contribution is 0.773. The van der Waals surface area contributed by atoms with Gasteiger partial charge in [0.1, 0.15) is 0 Å². The molecule has 6 heteroatoms. The maximum atomic E-state index is 5.63. The van der Waals surface area contributed by atoms with E-state index in [-0.39, 0.29) is 0 Å². The van der Waals surface area contributed by atoms with Crippen LogP contribution in [0.25, 0.3) is 5.82 Å². The molecule has 84 valence electrons. The van der Waals surface area contributed by atoms with Crippen LogP contribution in [0.3, 0.4) is 0 Å². The second-order valence-electron chi connectivity index (χ2n) is 3.43. The van der Waals surface area contributed by atoms with Crippen molar-refractivity contribution in [1.82, 2.24) is 19.7 Å². The van der Waals surface area contributed by atoms with Gasteiger partial charge in [0.15, 0.2) is 5.82 Å². The molecule has 16 heavy (non-hydrogen) atoms. The molecule has 2 aromatic rings. The van der Waals surface area contributed by atoms with E-state index in [2.05, 4.69) is 31.0 Å². The lowest BCUT2D eigenvalue weighted by Crippen LogP contribution is -2.10. The molecule has 0 unspecified atom stereocenters. The molecule has 5 nitrogen and oxygen atoms in total. The highest BCUT2D eigenvalue weighted by molar-refractivity contribution is 9.10. The lowest BCUT2D eigenvalue weighted by atomic mass is 10.3. The van der Waals surface area contributed by atoms with E-state index in [1.807, 2.05) is 13.8 Å². The first-order valence-electron chi connectivity index (χ1n) is 4.87. The van der Waals surface area contributed by atoms with E-state index in [0.29, 0.717) is 12.4 Å². The molecule has 0 aliphatic carbocycles. The Morgan fingerprint density at radius 3 is 2.56 bits per heavy atom. The standard InChI is InChI=1S/C10H12BrN5/c1-6-9(11)7(2)16(15-6)10-8(5-12)13-3-4-14-10/h3-4H,5,12H2,1-2H3. The zero-order valence-electron chi connectivity index (χ0n) is 9.11. The molecule has 2 N–H and O–H groups in total. The summed E-state index contributed by atoms with van der Waals surface area (Å²) in [5.41, 5.74) is 8.28. The van der Waals surface area contributed by atoms with Crippen molar-refractivity contribution in [3.63, 3.8) is 0 Å². The van der Waals surface area contributed by atoms with Crippen molar-refractivity contribution >= 4 is 15.9 Å². The summed E-state index contributed by atoms with van der Waals surface area (Å²) >= 11 is 3.48. The minimum absolute atomic E-state index is 0.346. The van der Waals surface area contributed by atoms with E-state index < -0.39 is 0 Å². The van der Waals surface area contributed by atoms with Gasteiger partial charge in [-0.15, -0.1) is 0 Å². The van der Waals surface area contributed by atoms with E-state index in [0.717, 1.165) is 21.6 Å². The van der Waals surface area contributed by atoms with Gasteiger partial charge >= 0.3 is 0 Å². The third kappa shape index (κ3) is 1.74. The molecule has 0 aromatic carbocycles. The maximum Gasteiger partial charge on any atom is 0.176 e. The Balaban J connectivity index is 2.63. The van der Waals surface area contributed by atoms with Gasteiger partial charge < -0.3 is 5.73 Å². The zero-order valence-corrected chi connectivity index (χ0v) is 10.7. The van der Waals surface area contributed by atoms with E-state index in [4.69, 9.17) is 5.73 Å². The van der Waals surface area contributed by atoms with Crippen LogP contribution in [0.1, 0.15) is 17.1 Å². The number of hydrogen-bond acceptors (Lipinski definition) is 4. The smallest absolute Gasteiger partial charge is 0.176 e. The highest BCUT2D eigenvalue weighted by atomic mass is 79.9. The first kappa shape index (κ1) is 11.2. The summed E-state index contributed by atoms with van der Waals surface area (Å²) < 4.78 is 2.75. The minimum Gasteiger partial charge on any atom is -0.325 e. The molecule has 0 bridgehead atoms. The molecule has 0 saturated carbocycles. The number of hydrogen-bond donors (Lipinski definition) is 1. The van der Waals surface area contributed by atoms with Crippen molar-refractivity contribution in [2.75, 3.05) is 0 Å². The minimum atomic E-state index is 0.346. The van der Waals surface area contributed by atoms with Crippen LogP contribution in [0, 0.1) is 13.8 Å². The molecule has 0 spiro atoms. The van der Waals surface area contributed by atoms with Crippen LogP contribution in [0.15, 0.2) is 16.9 Å². The average molecular weight is 282 g/mol. The number of rotatable bonds is 2. The molecule has 0 fully saturated rings. The van der Waals surface area contributed by atoms with Gasteiger partial charge in [-0.1, -0.05) is 0 Å². The van der Waals surface area contributed by atoms with Crippen LogP contribution in [0.5, 0.6) is 0 Å². The molecule has 2 rings (SSSR count). The Kier molecular flexibility index (Phi) is 3.02. The quantitative estimate of drug-likeness (QED) is 0.906. The monoisotopic (exact) mass is 281 g/mol. The largest absolute Gasteiger partial charge is 0.325 e. The number of aryl methyl sites for hydroxylation is 1. The highest BCUT2D eigenvalue weighted by Gasteiger charge is 2.14. The van der Waals surface area contributed by atoms with Gasteiger partial charge in [-0.3, -0.25) is 4.98 Å². The SMILES string of the molecule is Cc1nn(-c2nccnc2CN)c(C)c1Br. The fraction of sp³-hybridized carbons (Fsp3) is 0.300. The Labute approximate surface area is 102 Å². The van der Waals surface area contributed by atoms with Gasteiger partial charge in [-0.25, -0.2) is 9.67 Å². The Morgan fingerprint density at radius 2 is 2.00 bits per heavy atom. The maximum absolute atomic E-state index is 5.63. The molecule has 0 aliphatic rings. The predicted molar refractivity (Wildman–Crippen MR) is 64.2 cm³/mol. The summed E-state index contributed by atoms with van der Waals surface area (Å²) in [6.07, 6.45) is 3.27. The summed E-state index contributed by atoms with van der Waals surface area (Å²) in [6.45, 7) is 4.25. The molecule has 0 saturated heterocycles. The number of nitrogens with two attached hydrogens (primary N) is 1. The van der Waals surface area contributed by atoms with Gasteiger partial charge in [-0.05, 0) is 29.8 Å². The summed E-state index contributed by atoms with van der Waals surface area (Å²) in [5, 5.41) is 4.40. The first-order valence-corrected chi connectivity index (χ1v) is 5.66. The lowest BCUT2D eigenvalue weighted by Gasteiger charge is -2.06. The summed E-state index contributed by atoms with van der Waals surface area (Å²) in [5.74, 6) is 0.691. The van der Waals surface area contributed by atoms with Crippen LogP contribution in [0.2, 0.25) is 0 Å². The fourth-order valence-electron chi connectivity index (χ4n) is 1.51. The van der Waals surface area contributed by atoms with Crippen molar-refractivity contribution in [2.45, 2.75) is 20.4 Å². The van der Waals surface area contributed by atoms with Crippen molar-refractivity contribution < 1.29 is 0 Å². The van der Waals surface area contributed by atoms with Gasteiger partial charge in [-0.2, -0.15) is 5.10 Å². The fourth-order valence-corrected chi connectivity index (χ4v) is 1.76. The van der Waals surface area contributed by atoms with E-state index in [1.54, 1.807) is 17.1 Å². The van der Waals surface area contributed by atoms with Crippen molar-refractivity contribution in [1.29, 1.82) is 0 Å². The number of nitrogens with zero attached hydrogens (tertiary/aromatic N) is 4. The van der Waals surface area contributed by atoms with Crippen molar-refractivity contribution in [2.24, 2.45) is 5.73 Å². The van der Waals surface area contributed by atoms with Crippen molar-refractivity contribution in [3.8, 4) is 5.82 Å².